The summed E-state index contributed by atoms with van der Waals surface area (Å²) in [5.41, 5.74) is 0. The van der Waals surface area contributed by atoms with E-state index >= 15 is 0 Å². The van der Waals surface area contributed by atoms with E-state index in [0.29, 0.717) is 13.0 Å². The van der Waals surface area contributed by atoms with Gasteiger partial charge in [0.2, 0.25) is 0 Å². The normalized spacial score (nSPS) is 19.1. The molecule has 0 bridgehead atoms. The largest absolute Gasteiger partial charge is 0.394 e. The molecule has 0 amide bonds. The van der Waals surface area contributed by atoms with Gasteiger partial charge in [-0.3, -0.25) is 0 Å². The highest BCUT2D eigenvalue weighted by molar-refractivity contribution is 4.76. The van der Waals surface area contributed by atoms with Gasteiger partial charge in [-0.15, -0.1) is 0 Å². The molecule has 3 N–H and O–H groups in total. The first-order chi connectivity index (χ1) is 7.54. The average molecular weight is 236 g/mol. The molecule has 0 aliphatic heterocycles. The van der Waals surface area contributed by atoms with Crippen molar-refractivity contribution in [1.29, 1.82) is 0 Å². The summed E-state index contributed by atoms with van der Waals surface area (Å²) >= 11 is 0. The van der Waals surface area contributed by atoms with Gasteiger partial charge < -0.3 is 24.8 Å². The monoisotopic (exact) mass is 236 g/mol. The second kappa shape index (κ2) is 8.90. The highest BCUT2D eigenvalue weighted by Gasteiger charge is 2.26. The summed E-state index contributed by atoms with van der Waals surface area (Å²) in [6, 6.07) is 0. The number of methoxy groups -OCH3 is 1. The summed E-state index contributed by atoms with van der Waals surface area (Å²) in [5.74, 6) is -0.338. The molecule has 5 nitrogen and oxygen atoms in total. The summed E-state index contributed by atoms with van der Waals surface area (Å²) in [4.78, 5) is 0. The Morgan fingerprint density at radius 3 is 2.31 bits per heavy atom. The number of rotatable bonds is 9. The Hall–Kier alpha value is -0.200. The van der Waals surface area contributed by atoms with Gasteiger partial charge in [-0.2, -0.15) is 0 Å². The van der Waals surface area contributed by atoms with Gasteiger partial charge >= 0.3 is 0 Å². The molecule has 0 spiro atoms. The van der Waals surface area contributed by atoms with Crippen LogP contribution in [0, 0.1) is 11.8 Å². The fraction of sp³-hybridized carbons (Fsp3) is 1.00. The van der Waals surface area contributed by atoms with Crippen molar-refractivity contribution in [2.45, 2.75) is 32.5 Å². The number of aliphatic hydroxyl groups is 3. The molecule has 0 saturated carbocycles. The highest BCUT2D eigenvalue weighted by Crippen LogP contribution is 2.19. The Bertz CT molecular complexity index is 164. The molecule has 0 aromatic heterocycles. The average Bonchev–Trinajstić information content (AvgIpc) is 2.31. The van der Waals surface area contributed by atoms with E-state index in [9.17, 15) is 10.2 Å². The first-order valence-corrected chi connectivity index (χ1v) is 5.58. The number of aliphatic hydroxyl groups excluding tert-OH is 3. The molecular weight excluding hydrogens is 212 g/mol. The zero-order chi connectivity index (χ0) is 12.6. The lowest BCUT2D eigenvalue weighted by molar-refractivity contribution is -0.0544. The predicted molar refractivity (Wildman–Crippen MR) is 59.9 cm³/mol. The topological polar surface area (TPSA) is 79.2 Å². The molecule has 0 fully saturated rings. The van der Waals surface area contributed by atoms with E-state index < -0.39 is 12.2 Å². The summed E-state index contributed by atoms with van der Waals surface area (Å²) < 4.78 is 9.85. The lowest BCUT2D eigenvalue weighted by atomic mass is 9.88. The maximum Gasteiger partial charge on any atom is 0.146 e. The van der Waals surface area contributed by atoms with Crippen LogP contribution in [0.15, 0.2) is 0 Å². The molecule has 16 heavy (non-hydrogen) atoms. The first kappa shape index (κ1) is 15.8. The SMILES string of the molecule is COCOCC[C@H](C)[C@H](O)[C@H](C)C(O)CO. The van der Waals surface area contributed by atoms with Crippen LogP contribution in [-0.2, 0) is 9.47 Å². The maximum absolute atomic E-state index is 9.89. The van der Waals surface area contributed by atoms with E-state index in [2.05, 4.69) is 0 Å². The van der Waals surface area contributed by atoms with Crippen LogP contribution in [-0.4, -0.2) is 54.6 Å². The van der Waals surface area contributed by atoms with E-state index in [1.54, 1.807) is 14.0 Å². The van der Waals surface area contributed by atoms with E-state index in [-0.39, 0.29) is 25.2 Å². The third-order valence-electron chi connectivity index (χ3n) is 2.83. The van der Waals surface area contributed by atoms with Crippen LogP contribution >= 0.6 is 0 Å². The minimum atomic E-state index is -0.877. The van der Waals surface area contributed by atoms with Gasteiger partial charge in [0.05, 0.1) is 18.8 Å². The van der Waals surface area contributed by atoms with Crippen molar-refractivity contribution in [3.05, 3.63) is 0 Å². The Morgan fingerprint density at radius 2 is 1.81 bits per heavy atom. The Kier molecular flexibility index (Phi) is 8.78. The molecule has 5 heteroatoms. The molecule has 0 heterocycles. The van der Waals surface area contributed by atoms with E-state index in [1.165, 1.54) is 0 Å². The highest BCUT2D eigenvalue weighted by atomic mass is 16.7. The van der Waals surface area contributed by atoms with Crippen molar-refractivity contribution in [1.82, 2.24) is 0 Å². The third kappa shape index (κ3) is 5.77. The molecule has 98 valence electrons. The second-order valence-electron chi connectivity index (χ2n) is 4.18. The van der Waals surface area contributed by atoms with E-state index in [0.717, 1.165) is 0 Å². The van der Waals surface area contributed by atoms with Gasteiger partial charge in [-0.1, -0.05) is 13.8 Å². The minimum absolute atomic E-state index is 0.00746. The molecule has 0 radical (unpaired) electrons. The van der Waals surface area contributed by atoms with Crippen LogP contribution in [0.3, 0.4) is 0 Å². The van der Waals surface area contributed by atoms with Gasteiger partial charge in [-0.25, -0.2) is 0 Å². The second-order valence-corrected chi connectivity index (χ2v) is 4.18. The summed E-state index contributed by atoms with van der Waals surface area (Å²) in [6.07, 6.45) is -0.835. The number of ether oxygens (including phenoxy) is 2. The van der Waals surface area contributed by atoms with Gasteiger partial charge in [0.15, 0.2) is 0 Å². The van der Waals surface area contributed by atoms with Gasteiger partial charge in [0.1, 0.15) is 6.79 Å². The van der Waals surface area contributed by atoms with Crippen molar-refractivity contribution in [3.63, 3.8) is 0 Å². The van der Waals surface area contributed by atoms with Crippen molar-refractivity contribution < 1.29 is 24.8 Å². The standard InChI is InChI=1S/C11H24O5/c1-8(4-5-16-7-15-3)11(14)9(2)10(13)6-12/h8-14H,4-7H2,1-3H3/t8-,9+,10?,11-/m0/s1. The van der Waals surface area contributed by atoms with Crippen molar-refractivity contribution >= 4 is 0 Å². The number of hydrogen-bond donors (Lipinski definition) is 3. The van der Waals surface area contributed by atoms with Gasteiger partial charge in [0, 0.05) is 19.6 Å². The van der Waals surface area contributed by atoms with E-state index in [4.69, 9.17) is 14.6 Å². The van der Waals surface area contributed by atoms with Crippen LogP contribution in [0.5, 0.6) is 0 Å². The van der Waals surface area contributed by atoms with Crippen molar-refractivity contribution in [2.75, 3.05) is 27.1 Å². The first-order valence-electron chi connectivity index (χ1n) is 5.58. The summed E-state index contributed by atoms with van der Waals surface area (Å²) in [6.45, 7) is 4.04. The molecular formula is C11H24O5. The minimum Gasteiger partial charge on any atom is -0.394 e. The van der Waals surface area contributed by atoms with Crippen LogP contribution in [0.4, 0.5) is 0 Å². The lowest BCUT2D eigenvalue weighted by Crippen LogP contribution is -2.36. The molecule has 0 saturated heterocycles. The summed E-state index contributed by atoms with van der Waals surface area (Å²) in [5, 5.41) is 28.1. The van der Waals surface area contributed by atoms with E-state index in [1.807, 2.05) is 6.92 Å². The Balaban J connectivity index is 3.83. The van der Waals surface area contributed by atoms with Crippen LogP contribution in [0.2, 0.25) is 0 Å². The van der Waals surface area contributed by atoms with Crippen molar-refractivity contribution in [2.24, 2.45) is 11.8 Å². The maximum atomic E-state index is 9.89. The Morgan fingerprint density at radius 1 is 1.19 bits per heavy atom. The molecule has 0 aliphatic rings. The molecule has 1 unspecified atom stereocenters. The molecule has 0 aromatic rings. The molecule has 0 aromatic carbocycles. The van der Waals surface area contributed by atoms with Gasteiger partial charge in [-0.05, 0) is 12.3 Å². The predicted octanol–water partition coefficient (Wildman–Crippen LogP) is -0.0167. The zero-order valence-corrected chi connectivity index (χ0v) is 10.3. The fourth-order valence-corrected chi connectivity index (χ4v) is 1.49. The third-order valence-corrected chi connectivity index (χ3v) is 2.83. The van der Waals surface area contributed by atoms with Crippen LogP contribution < -0.4 is 0 Å². The van der Waals surface area contributed by atoms with Crippen LogP contribution in [0.25, 0.3) is 0 Å². The van der Waals surface area contributed by atoms with Crippen LogP contribution in [0.1, 0.15) is 20.3 Å². The van der Waals surface area contributed by atoms with Crippen molar-refractivity contribution in [3.8, 4) is 0 Å². The number of hydrogen-bond acceptors (Lipinski definition) is 5. The fourth-order valence-electron chi connectivity index (χ4n) is 1.49. The Labute approximate surface area is 97.0 Å². The zero-order valence-electron chi connectivity index (χ0n) is 10.3. The smallest absolute Gasteiger partial charge is 0.146 e. The lowest BCUT2D eigenvalue weighted by Gasteiger charge is -2.27. The molecule has 4 atom stereocenters. The quantitative estimate of drug-likeness (QED) is 0.387. The van der Waals surface area contributed by atoms with Gasteiger partial charge in [0.25, 0.3) is 0 Å². The molecule has 0 rings (SSSR count). The molecule has 0 aliphatic carbocycles. The summed E-state index contributed by atoms with van der Waals surface area (Å²) in [7, 11) is 1.55.